The number of rotatable bonds is 4. The normalized spacial score (nSPS) is 22.7. The number of amides is 2. The Kier molecular flexibility index (Phi) is 6.49. The van der Waals surface area contributed by atoms with E-state index in [0.29, 0.717) is 19.4 Å². The van der Waals surface area contributed by atoms with Crippen LogP contribution in [-0.2, 0) is 10.3 Å². The van der Waals surface area contributed by atoms with Crippen LogP contribution in [0.5, 0.6) is 5.75 Å². The molecule has 2 aliphatic heterocycles. The topological polar surface area (TPSA) is 72.0 Å². The van der Waals surface area contributed by atoms with Crippen LogP contribution in [0.2, 0.25) is 5.02 Å². The first kappa shape index (κ1) is 23.3. The second-order valence-corrected chi connectivity index (χ2v) is 8.10. The van der Waals surface area contributed by atoms with Gasteiger partial charge in [-0.2, -0.15) is 13.2 Å². The monoisotopic (exact) mass is 485 g/mol. The lowest BCUT2D eigenvalue weighted by Crippen LogP contribution is -2.53. The summed E-state index contributed by atoms with van der Waals surface area (Å²) in [6, 6.07) is 8.10. The van der Waals surface area contributed by atoms with Crippen molar-refractivity contribution < 1.29 is 31.8 Å². The van der Waals surface area contributed by atoms with Crippen molar-refractivity contribution in [1.82, 2.24) is 5.32 Å². The third-order valence-electron chi connectivity index (χ3n) is 5.50. The third kappa shape index (κ3) is 4.77. The van der Waals surface area contributed by atoms with E-state index in [4.69, 9.17) is 21.1 Å². The van der Waals surface area contributed by atoms with Crippen LogP contribution >= 0.6 is 11.6 Å². The summed E-state index contributed by atoms with van der Waals surface area (Å²) in [5, 5.41) is 5.20. The number of aliphatic imine (C=N–C) groups is 1. The van der Waals surface area contributed by atoms with Crippen molar-refractivity contribution in [3.05, 3.63) is 58.9 Å². The van der Waals surface area contributed by atoms with Crippen molar-refractivity contribution in [2.75, 3.05) is 18.5 Å². The molecule has 6 nitrogen and oxygen atoms in total. The van der Waals surface area contributed by atoms with E-state index in [-0.39, 0.29) is 40.9 Å². The molecule has 2 atom stereocenters. The van der Waals surface area contributed by atoms with Crippen LogP contribution in [0.25, 0.3) is 0 Å². The van der Waals surface area contributed by atoms with Crippen LogP contribution in [0, 0.1) is 5.82 Å². The van der Waals surface area contributed by atoms with Crippen molar-refractivity contribution in [1.29, 1.82) is 0 Å². The number of alkyl halides is 3. The third-order valence-corrected chi connectivity index (χ3v) is 5.73. The Morgan fingerprint density at radius 1 is 1.24 bits per heavy atom. The molecule has 2 aromatic rings. The second kappa shape index (κ2) is 9.18. The van der Waals surface area contributed by atoms with E-state index < -0.39 is 29.7 Å². The Morgan fingerprint density at radius 2 is 2.00 bits per heavy atom. The lowest BCUT2D eigenvalue weighted by atomic mass is 9.85. The molecule has 33 heavy (non-hydrogen) atoms. The molecule has 2 aromatic carbocycles. The fraction of sp³-hybridized carbons (Fsp3) is 0.364. The summed E-state index contributed by atoms with van der Waals surface area (Å²) in [6.45, 7) is 0.379. The zero-order valence-corrected chi connectivity index (χ0v) is 18.0. The first-order valence-corrected chi connectivity index (χ1v) is 10.6. The van der Waals surface area contributed by atoms with Gasteiger partial charge < -0.3 is 20.1 Å². The molecule has 2 amide bonds. The molecule has 0 aliphatic carbocycles. The fourth-order valence-corrected chi connectivity index (χ4v) is 3.92. The van der Waals surface area contributed by atoms with Crippen LogP contribution < -0.4 is 15.4 Å². The van der Waals surface area contributed by atoms with E-state index in [9.17, 15) is 22.4 Å². The summed E-state index contributed by atoms with van der Waals surface area (Å²) in [5.74, 6) is -0.693. The van der Waals surface area contributed by atoms with Gasteiger partial charge in [-0.15, -0.1) is 0 Å². The highest BCUT2D eigenvalue weighted by Gasteiger charge is 2.62. The van der Waals surface area contributed by atoms with Gasteiger partial charge in [0.1, 0.15) is 17.6 Å². The van der Waals surface area contributed by atoms with Gasteiger partial charge in [-0.1, -0.05) is 29.8 Å². The van der Waals surface area contributed by atoms with E-state index in [1.165, 1.54) is 30.3 Å². The number of nitrogens with one attached hydrogen (secondary N) is 2. The molecule has 0 aromatic heterocycles. The van der Waals surface area contributed by atoms with Crippen LogP contribution in [0.3, 0.4) is 0 Å². The maximum Gasteiger partial charge on any atom is 0.421 e. The van der Waals surface area contributed by atoms with E-state index in [1.807, 2.05) is 0 Å². The van der Waals surface area contributed by atoms with Gasteiger partial charge in [0.25, 0.3) is 0 Å². The highest BCUT2D eigenvalue weighted by Crippen LogP contribution is 2.52. The number of halogens is 5. The van der Waals surface area contributed by atoms with Crippen LogP contribution in [0.4, 0.5) is 28.0 Å². The summed E-state index contributed by atoms with van der Waals surface area (Å²) < 4.78 is 66.2. The Balaban J connectivity index is 1.51. The summed E-state index contributed by atoms with van der Waals surface area (Å²) in [5.41, 5.74) is -2.67. The predicted octanol–water partition coefficient (Wildman–Crippen LogP) is 5.42. The number of hydrogen-bond donors (Lipinski definition) is 2. The van der Waals surface area contributed by atoms with Crippen LogP contribution in [-0.4, -0.2) is 37.3 Å². The lowest BCUT2D eigenvalue weighted by molar-refractivity contribution is -0.333. The number of urea groups is 1. The summed E-state index contributed by atoms with van der Waals surface area (Å²) in [4.78, 5) is 16.7. The molecular formula is C22H20ClF4N3O3. The molecule has 0 saturated carbocycles. The predicted molar refractivity (Wildman–Crippen MR) is 114 cm³/mol. The molecule has 1 fully saturated rings. The zero-order chi connectivity index (χ0) is 23.6. The minimum Gasteiger partial charge on any atom is -0.441 e. The summed E-state index contributed by atoms with van der Waals surface area (Å²) in [7, 11) is 0. The number of carbonyl (C=O) groups excluding carboxylic acids is 1. The van der Waals surface area contributed by atoms with Crippen molar-refractivity contribution in [2.45, 2.75) is 37.1 Å². The molecule has 2 aliphatic rings. The number of anilines is 1. The molecular weight excluding hydrogens is 466 g/mol. The number of para-hydroxylation sites is 1. The van der Waals surface area contributed by atoms with E-state index >= 15 is 0 Å². The Morgan fingerprint density at radius 3 is 2.67 bits per heavy atom. The smallest absolute Gasteiger partial charge is 0.421 e. The quantitative estimate of drug-likeness (QED) is 0.568. The number of nitrogens with zero attached hydrogens (tertiary/aromatic N) is 1. The summed E-state index contributed by atoms with van der Waals surface area (Å²) in [6.07, 6.45) is -3.78. The number of hydrogen-bond acceptors (Lipinski definition) is 4. The van der Waals surface area contributed by atoms with Gasteiger partial charge in [0.15, 0.2) is 5.60 Å². The largest absolute Gasteiger partial charge is 0.441 e. The molecule has 2 heterocycles. The van der Waals surface area contributed by atoms with Gasteiger partial charge >= 0.3 is 12.2 Å². The Bertz CT molecular complexity index is 1070. The zero-order valence-electron chi connectivity index (χ0n) is 17.2. The average molecular weight is 486 g/mol. The maximum absolute atomic E-state index is 14.0. The fourth-order valence-electron chi connectivity index (χ4n) is 3.76. The minimum atomic E-state index is -4.63. The molecule has 0 radical (unpaired) electrons. The number of carbonyl (C=O) groups is 1. The highest BCUT2D eigenvalue weighted by molar-refractivity contribution is 6.30. The minimum absolute atomic E-state index is 0.0135. The van der Waals surface area contributed by atoms with Crippen LogP contribution in [0.1, 0.15) is 24.8 Å². The van der Waals surface area contributed by atoms with Gasteiger partial charge in [-0.3, -0.25) is 4.99 Å². The molecule has 2 unspecified atom stereocenters. The van der Waals surface area contributed by atoms with E-state index in [2.05, 4.69) is 15.6 Å². The van der Waals surface area contributed by atoms with Gasteiger partial charge in [0.2, 0.25) is 5.90 Å². The standard InChI is InChI=1S/C22H20ClF4N3O3/c23-13-7-8-16(15(24)12-13)29-20(31)30-17-5-3-10-28-19(17)33-18-6-2-1-4-14(18)21(9-11-32-21)22(25,26)27/h1-2,4,6-8,12,17H,3,5,9-11H2,(H2,29,30,31). The summed E-state index contributed by atoms with van der Waals surface area (Å²) >= 11 is 5.71. The first-order chi connectivity index (χ1) is 15.7. The SMILES string of the molecule is O=C(Nc1ccc(Cl)cc1F)NC1CCCN=C1Oc1ccccc1C1(C(F)(F)F)CCO1. The molecule has 0 bridgehead atoms. The molecule has 2 N–H and O–H groups in total. The lowest BCUT2D eigenvalue weighted by Gasteiger charge is -2.43. The van der Waals surface area contributed by atoms with Gasteiger partial charge in [-0.05, 0) is 37.1 Å². The second-order valence-electron chi connectivity index (χ2n) is 7.66. The van der Waals surface area contributed by atoms with E-state index in [0.717, 1.165) is 6.07 Å². The highest BCUT2D eigenvalue weighted by atomic mass is 35.5. The van der Waals surface area contributed by atoms with Gasteiger partial charge in [0.05, 0.1) is 12.3 Å². The van der Waals surface area contributed by atoms with Crippen molar-refractivity contribution in [3.8, 4) is 5.75 Å². The molecule has 11 heteroatoms. The molecule has 176 valence electrons. The van der Waals surface area contributed by atoms with E-state index in [1.54, 1.807) is 6.07 Å². The Labute approximate surface area is 191 Å². The molecule has 1 saturated heterocycles. The molecule has 4 rings (SSSR count). The Hall–Kier alpha value is -2.85. The number of benzene rings is 2. The average Bonchev–Trinajstić information content (AvgIpc) is 2.71. The first-order valence-electron chi connectivity index (χ1n) is 10.2. The van der Waals surface area contributed by atoms with Crippen molar-refractivity contribution >= 4 is 29.2 Å². The van der Waals surface area contributed by atoms with Crippen LogP contribution in [0.15, 0.2) is 47.5 Å². The van der Waals surface area contributed by atoms with Crippen molar-refractivity contribution in [3.63, 3.8) is 0 Å². The van der Waals surface area contributed by atoms with Crippen molar-refractivity contribution in [2.24, 2.45) is 4.99 Å². The van der Waals surface area contributed by atoms with Gasteiger partial charge in [0, 0.05) is 23.6 Å². The van der Waals surface area contributed by atoms with Gasteiger partial charge in [-0.25, -0.2) is 9.18 Å². The molecule has 0 spiro atoms. The number of ether oxygens (including phenoxy) is 2. The maximum atomic E-state index is 14.0.